The van der Waals surface area contributed by atoms with Crippen molar-refractivity contribution in [2.24, 2.45) is 0 Å². The Morgan fingerprint density at radius 2 is 1.83 bits per heavy atom. The minimum Gasteiger partial charge on any atom is -0.315 e. The smallest absolute Gasteiger partial charge is 0.236 e. The average molecular weight is 337 g/mol. The molecule has 1 heterocycles. The van der Waals surface area contributed by atoms with Crippen LogP contribution in [0.5, 0.6) is 0 Å². The van der Waals surface area contributed by atoms with Crippen LogP contribution in [0.4, 0.5) is 5.69 Å². The second-order valence-corrected chi connectivity index (χ2v) is 6.38. The molecule has 0 saturated carbocycles. The quantitative estimate of drug-likeness (QED) is 0.687. The van der Waals surface area contributed by atoms with Crippen molar-refractivity contribution in [3.8, 4) is 5.69 Å². The predicted molar refractivity (Wildman–Crippen MR) is 99.6 cm³/mol. The second kappa shape index (κ2) is 7.84. The number of hydrogen-bond donors (Lipinski definition) is 0. The van der Waals surface area contributed by atoms with Gasteiger partial charge in [-0.2, -0.15) is 5.10 Å². The van der Waals surface area contributed by atoms with Gasteiger partial charge in [-0.25, -0.2) is 4.68 Å². The monoisotopic (exact) mass is 337 g/mol. The second-order valence-electron chi connectivity index (χ2n) is 5.40. The van der Waals surface area contributed by atoms with Gasteiger partial charge in [-0.05, 0) is 35.9 Å². The third kappa shape index (κ3) is 4.06. The van der Waals surface area contributed by atoms with Crippen LogP contribution in [0, 0.1) is 0 Å². The lowest BCUT2D eigenvalue weighted by molar-refractivity contribution is -0.115. The zero-order valence-electron chi connectivity index (χ0n) is 13.5. The molecular weight excluding hydrogens is 318 g/mol. The predicted octanol–water partition coefficient (Wildman–Crippen LogP) is 3.77. The Morgan fingerprint density at radius 3 is 2.50 bits per heavy atom. The Labute approximate surface area is 146 Å². The Bertz CT molecular complexity index is 770. The van der Waals surface area contributed by atoms with Crippen LogP contribution in [0.2, 0.25) is 0 Å². The highest BCUT2D eigenvalue weighted by Gasteiger charge is 2.10. The van der Waals surface area contributed by atoms with Crippen LogP contribution in [0.15, 0.2) is 73.1 Å². The standard InChI is InChI=1S/C19H19N3OS/c1-21(17-6-3-2-4-7-17)19(23)15-24-14-16-8-10-18(11-9-16)22-13-5-12-20-22/h2-13H,14-15H2,1H3. The number of benzene rings is 2. The first-order valence-corrected chi connectivity index (χ1v) is 8.88. The Morgan fingerprint density at radius 1 is 1.08 bits per heavy atom. The first-order chi connectivity index (χ1) is 11.7. The van der Waals surface area contributed by atoms with E-state index in [1.54, 1.807) is 22.9 Å². The van der Waals surface area contributed by atoms with Gasteiger partial charge in [0.2, 0.25) is 5.91 Å². The summed E-state index contributed by atoms with van der Waals surface area (Å²) >= 11 is 1.63. The lowest BCUT2D eigenvalue weighted by Gasteiger charge is -2.17. The number of rotatable bonds is 6. The van der Waals surface area contributed by atoms with Crippen LogP contribution in [0.3, 0.4) is 0 Å². The number of amides is 1. The summed E-state index contributed by atoms with van der Waals surface area (Å²) in [6.07, 6.45) is 3.68. The normalized spacial score (nSPS) is 10.5. The molecule has 0 aliphatic heterocycles. The van der Waals surface area contributed by atoms with E-state index in [2.05, 4.69) is 17.2 Å². The van der Waals surface area contributed by atoms with E-state index in [1.165, 1.54) is 5.56 Å². The number of thioether (sulfide) groups is 1. The molecule has 0 aliphatic rings. The molecule has 5 heteroatoms. The topological polar surface area (TPSA) is 38.1 Å². The molecule has 4 nitrogen and oxygen atoms in total. The third-order valence-electron chi connectivity index (χ3n) is 3.72. The largest absolute Gasteiger partial charge is 0.315 e. The summed E-state index contributed by atoms with van der Waals surface area (Å²) < 4.78 is 1.83. The number of carbonyl (C=O) groups is 1. The molecule has 0 saturated heterocycles. The summed E-state index contributed by atoms with van der Waals surface area (Å²) in [6.45, 7) is 0. The van der Waals surface area contributed by atoms with Crippen molar-refractivity contribution in [2.75, 3.05) is 17.7 Å². The fraction of sp³-hybridized carbons (Fsp3) is 0.158. The Kier molecular flexibility index (Phi) is 5.33. The summed E-state index contributed by atoms with van der Waals surface area (Å²) in [5.74, 6) is 1.39. The number of hydrogen-bond acceptors (Lipinski definition) is 3. The van der Waals surface area contributed by atoms with Crippen LogP contribution >= 0.6 is 11.8 Å². The van der Waals surface area contributed by atoms with E-state index in [4.69, 9.17) is 0 Å². The summed E-state index contributed by atoms with van der Waals surface area (Å²) in [6, 6.07) is 19.8. The van der Waals surface area contributed by atoms with Gasteiger partial charge < -0.3 is 4.90 Å². The summed E-state index contributed by atoms with van der Waals surface area (Å²) in [7, 11) is 1.82. The molecule has 0 unspecified atom stereocenters. The first kappa shape index (κ1) is 16.3. The first-order valence-electron chi connectivity index (χ1n) is 7.72. The van der Waals surface area contributed by atoms with Gasteiger partial charge in [-0.3, -0.25) is 4.79 Å². The van der Waals surface area contributed by atoms with Crippen molar-refractivity contribution in [1.29, 1.82) is 0 Å². The van der Waals surface area contributed by atoms with Gasteiger partial charge in [-0.1, -0.05) is 30.3 Å². The van der Waals surface area contributed by atoms with Crippen molar-refractivity contribution < 1.29 is 4.79 Å². The number of carbonyl (C=O) groups excluding carboxylic acids is 1. The van der Waals surface area contributed by atoms with Gasteiger partial charge in [0.15, 0.2) is 0 Å². The van der Waals surface area contributed by atoms with Crippen LogP contribution in [-0.4, -0.2) is 28.5 Å². The molecule has 0 fully saturated rings. The van der Waals surface area contributed by atoms with E-state index in [1.807, 2.05) is 66.5 Å². The van der Waals surface area contributed by atoms with E-state index < -0.39 is 0 Å². The minimum absolute atomic E-state index is 0.111. The van der Waals surface area contributed by atoms with Crippen molar-refractivity contribution in [3.05, 3.63) is 78.6 Å². The molecule has 0 radical (unpaired) electrons. The number of nitrogens with zero attached hydrogens (tertiary/aromatic N) is 3. The maximum absolute atomic E-state index is 12.2. The molecule has 122 valence electrons. The maximum atomic E-state index is 12.2. The number of anilines is 1. The SMILES string of the molecule is CN(C(=O)CSCc1ccc(-n2cccn2)cc1)c1ccccc1. The van der Waals surface area contributed by atoms with Crippen LogP contribution < -0.4 is 4.90 Å². The zero-order valence-corrected chi connectivity index (χ0v) is 14.3. The van der Waals surface area contributed by atoms with E-state index in [0.717, 1.165) is 17.1 Å². The third-order valence-corrected chi connectivity index (χ3v) is 4.71. The molecule has 24 heavy (non-hydrogen) atoms. The van der Waals surface area contributed by atoms with Crippen LogP contribution in [-0.2, 0) is 10.5 Å². The molecule has 0 atom stereocenters. The van der Waals surface area contributed by atoms with Crippen molar-refractivity contribution in [3.63, 3.8) is 0 Å². The molecule has 0 N–H and O–H groups in total. The molecular formula is C19H19N3OS. The molecule has 1 amide bonds. The molecule has 0 bridgehead atoms. The van der Waals surface area contributed by atoms with Crippen LogP contribution in [0.1, 0.15) is 5.56 Å². The van der Waals surface area contributed by atoms with E-state index in [0.29, 0.717) is 5.75 Å². The van der Waals surface area contributed by atoms with Crippen LogP contribution in [0.25, 0.3) is 5.69 Å². The van der Waals surface area contributed by atoms with Gasteiger partial charge >= 0.3 is 0 Å². The minimum atomic E-state index is 0.111. The van der Waals surface area contributed by atoms with Gasteiger partial charge in [0.25, 0.3) is 0 Å². The Hall–Kier alpha value is -2.53. The van der Waals surface area contributed by atoms with E-state index >= 15 is 0 Å². The summed E-state index contributed by atoms with van der Waals surface area (Å²) in [5.41, 5.74) is 3.16. The van der Waals surface area contributed by atoms with Gasteiger partial charge in [0.1, 0.15) is 0 Å². The van der Waals surface area contributed by atoms with Crippen molar-refractivity contribution in [2.45, 2.75) is 5.75 Å². The molecule has 2 aromatic carbocycles. The van der Waals surface area contributed by atoms with Gasteiger partial charge in [0, 0.05) is 30.9 Å². The lowest BCUT2D eigenvalue weighted by Crippen LogP contribution is -2.27. The van der Waals surface area contributed by atoms with Gasteiger partial charge in [0.05, 0.1) is 11.4 Å². The Balaban J connectivity index is 1.50. The zero-order chi connectivity index (χ0) is 16.8. The molecule has 1 aromatic heterocycles. The average Bonchev–Trinajstić information content (AvgIpc) is 3.17. The number of aromatic nitrogens is 2. The van der Waals surface area contributed by atoms with Crippen molar-refractivity contribution in [1.82, 2.24) is 9.78 Å². The summed E-state index contributed by atoms with van der Waals surface area (Å²) in [5, 5.41) is 4.21. The number of para-hydroxylation sites is 1. The fourth-order valence-electron chi connectivity index (χ4n) is 2.32. The highest BCUT2D eigenvalue weighted by molar-refractivity contribution is 7.99. The highest BCUT2D eigenvalue weighted by Crippen LogP contribution is 2.17. The van der Waals surface area contributed by atoms with E-state index in [9.17, 15) is 4.79 Å². The van der Waals surface area contributed by atoms with E-state index in [-0.39, 0.29) is 5.91 Å². The maximum Gasteiger partial charge on any atom is 0.236 e. The molecule has 0 aliphatic carbocycles. The molecule has 3 aromatic rings. The van der Waals surface area contributed by atoms with Crippen molar-refractivity contribution >= 4 is 23.4 Å². The lowest BCUT2D eigenvalue weighted by atomic mass is 10.2. The summed E-state index contributed by atoms with van der Waals surface area (Å²) in [4.78, 5) is 13.9. The van der Waals surface area contributed by atoms with Gasteiger partial charge in [-0.15, -0.1) is 11.8 Å². The molecule has 3 rings (SSSR count). The fourth-order valence-corrected chi connectivity index (χ4v) is 3.21. The molecule has 0 spiro atoms. The highest BCUT2D eigenvalue weighted by atomic mass is 32.2.